The Bertz CT molecular complexity index is 850. The monoisotopic (exact) mass is 357 g/mol. The highest BCUT2D eigenvalue weighted by molar-refractivity contribution is 5.87. The lowest BCUT2D eigenvalue weighted by Crippen LogP contribution is -2.14. The SMILES string of the molecule is CCOc1ccc2ccccc2c1CNCc1ccc(OC(F)F)cc1. The molecule has 0 radical (unpaired) electrons. The van der Waals surface area contributed by atoms with E-state index < -0.39 is 6.61 Å². The molecule has 3 rings (SSSR count). The standard InChI is InChI=1S/C21H21F2NO2/c1-2-25-20-12-9-16-5-3-4-6-18(16)19(20)14-24-13-15-7-10-17(11-8-15)26-21(22)23/h3-12,21,24H,2,13-14H2,1H3. The fraction of sp³-hybridized carbons (Fsp3) is 0.238. The summed E-state index contributed by atoms with van der Waals surface area (Å²) in [6, 6.07) is 18.9. The molecule has 0 atom stereocenters. The lowest BCUT2D eigenvalue weighted by Gasteiger charge is -2.14. The quantitative estimate of drug-likeness (QED) is 0.606. The number of hydrogen-bond donors (Lipinski definition) is 1. The van der Waals surface area contributed by atoms with E-state index in [4.69, 9.17) is 4.74 Å². The van der Waals surface area contributed by atoms with E-state index in [0.717, 1.165) is 22.3 Å². The Labute approximate surface area is 151 Å². The number of benzene rings is 3. The lowest BCUT2D eigenvalue weighted by molar-refractivity contribution is -0.0498. The van der Waals surface area contributed by atoms with E-state index in [1.54, 1.807) is 24.3 Å². The fourth-order valence-electron chi connectivity index (χ4n) is 2.91. The summed E-state index contributed by atoms with van der Waals surface area (Å²) >= 11 is 0. The number of rotatable bonds is 8. The van der Waals surface area contributed by atoms with Crippen LogP contribution in [0.4, 0.5) is 8.78 Å². The predicted molar refractivity (Wildman–Crippen MR) is 98.7 cm³/mol. The summed E-state index contributed by atoms with van der Waals surface area (Å²) in [6.45, 7) is 1.03. The second-order valence-electron chi connectivity index (χ2n) is 5.82. The maximum atomic E-state index is 12.2. The van der Waals surface area contributed by atoms with Gasteiger partial charge in [0, 0.05) is 18.7 Å². The van der Waals surface area contributed by atoms with Crippen molar-refractivity contribution in [2.75, 3.05) is 6.61 Å². The Morgan fingerprint density at radius 2 is 1.69 bits per heavy atom. The molecule has 0 spiro atoms. The number of halogens is 2. The lowest BCUT2D eigenvalue weighted by atomic mass is 10.0. The Kier molecular flexibility index (Phi) is 6.02. The zero-order valence-electron chi connectivity index (χ0n) is 14.5. The van der Waals surface area contributed by atoms with Gasteiger partial charge in [0.1, 0.15) is 11.5 Å². The Hall–Kier alpha value is -2.66. The van der Waals surface area contributed by atoms with Crippen molar-refractivity contribution in [1.29, 1.82) is 0 Å². The molecular weight excluding hydrogens is 336 g/mol. The Morgan fingerprint density at radius 3 is 2.42 bits per heavy atom. The van der Waals surface area contributed by atoms with E-state index in [-0.39, 0.29) is 5.75 Å². The maximum Gasteiger partial charge on any atom is 0.387 e. The molecule has 0 unspecified atom stereocenters. The Morgan fingerprint density at radius 1 is 0.923 bits per heavy atom. The summed E-state index contributed by atoms with van der Waals surface area (Å²) in [5.41, 5.74) is 2.10. The van der Waals surface area contributed by atoms with Gasteiger partial charge < -0.3 is 14.8 Å². The van der Waals surface area contributed by atoms with Crippen LogP contribution in [-0.2, 0) is 13.1 Å². The summed E-state index contributed by atoms with van der Waals surface area (Å²) in [7, 11) is 0. The van der Waals surface area contributed by atoms with Gasteiger partial charge in [0.05, 0.1) is 6.61 Å². The van der Waals surface area contributed by atoms with Crippen LogP contribution in [0.1, 0.15) is 18.1 Å². The average molecular weight is 357 g/mol. The van der Waals surface area contributed by atoms with Gasteiger partial charge in [-0.15, -0.1) is 0 Å². The smallest absolute Gasteiger partial charge is 0.387 e. The van der Waals surface area contributed by atoms with Crippen LogP contribution in [0.5, 0.6) is 11.5 Å². The van der Waals surface area contributed by atoms with Crippen molar-refractivity contribution in [3.8, 4) is 11.5 Å². The molecular formula is C21H21F2NO2. The molecule has 0 fully saturated rings. The van der Waals surface area contributed by atoms with Crippen LogP contribution in [0.15, 0.2) is 60.7 Å². The van der Waals surface area contributed by atoms with E-state index in [1.807, 2.05) is 25.1 Å². The molecule has 0 aliphatic rings. The normalized spacial score (nSPS) is 11.1. The third-order valence-electron chi connectivity index (χ3n) is 4.08. The molecule has 0 aliphatic carbocycles. The molecule has 0 aliphatic heterocycles. The second kappa shape index (κ2) is 8.63. The molecule has 0 bridgehead atoms. The van der Waals surface area contributed by atoms with Crippen LogP contribution in [-0.4, -0.2) is 13.2 Å². The minimum atomic E-state index is -2.80. The van der Waals surface area contributed by atoms with E-state index >= 15 is 0 Å². The van der Waals surface area contributed by atoms with Crippen LogP contribution < -0.4 is 14.8 Å². The topological polar surface area (TPSA) is 30.5 Å². The van der Waals surface area contributed by atoms with E-state index in [0.29, 0.717) is 19.7 Å². The van der Waals surface area contributed by atoms with Gasteiger partial charge in [0.2, 0.25) is 0 Å². The van der Waals surface area contributed by atoms with Crippen molar-refractivity contribution in [1.82, 2.24) is 5.32 Å². The molecule has 26 heavy (non-hydrogen) atoms. The largest absolute Gasteiger partial charge is 0.494 e. The molecule has 3 aromatic carbocycles. The molecule has 3 nitrogen and oxygen atoms in total. The first-order valence-electron chi connectivity index (χ1n) is 8.55. The number of ether oxygens (including phenoxy) is 2. The third kappa shape index (κ3) is 4.49. The molecule has 0 heterocycles. The minimum Gasteiger partial charge on any atom is -0.494 e. The van der Waals surface area contributed by atoms with Gasteiger partial charge in [0.15, 0.2) is 0 Å². The van der Waals surface area contributed by atoms with Gasteiger partial charge in [-0.3, -0.25) is 0 Å². The zero-order chi connectivity index (χ0) is 18.4. The maximum absolute atomic E-state index is 12.2. The van der Waals surface area contributed by atoms with E-state index in [9.17, 15) is 8.78 Å². The fourth-order valence-corrected chi connectivity index (χ4v) is 2.91. The first kappa shape index (κ1) is 18.1. The van der Waals surface area contributed by atoms with Gasteiger partial charge >= 0.3 is 6.61 Å². The molecule has 0 saturated carbocycles. The highest BCUT2D eigenvalue weighted by Crippen LogP contribution is 2.28. The second-order valence-corrected chi connectivity index (χ2v) is 5.82. The molecule has 1 N–H and O–H groups in total. The number of fused-ring (bicyclic) bond motifs is 1. The molecule has 136 valence electrons. The minimum absolute atomic E-state index is 0.163. The summed E-state index contributed by atoms with van der Waals surface area (Å²) in [6.07, 6.45) is 0. The van der Waals surface area contributed by atoms with Crippen LogP contribution in [0.3, 0.4) is 0 Å². The predicted octanol–water partition coefficient (Wildman–Crippen LogP) is 5.13. The first-order valence-corrected chi connectivity index (χ1v) is 8.55. The number of nitrogens with one attached hydrogen (secondary N) is 1. The van der Waals surface area contributed by atoms with Crippen molar-refractivity contribution in [2.24, 2.45) is 0 Å². The van der Waals surface area contributed by atoms with Crippen LogP contribution in [0, 0.1) is 0 Å². The van der Waals surface area contributed by atoms with E-state index in [2.05, 4.69) is 28.3 Å². The third-order valence-corrected chi connectivity index (χ3v) is 4.08. The average Bonchev–Trinajstić information content (AvgIpc) is 2.64. The number of hydrogen-bond acceptors (Lipinski definition) is 3. The Balaban J connectivity index is 1.70. The number of alkyl halides is 2. The highest BCUT2D eigenvalue weighted by atomic mass is 19.3. The van der Waals surface area contributed by atoms with Crippen molar-refractivity contribution in [3.63, 3.8) is 0 Å². The summed E-state index contributed by atoms with van der Waals surface area (Å²) in [5.74, 6) is 1.04. The van der Waals surface area contributed by atoms with Crippen molar-refractivity contribution in [3.05, 3.63) is 71.8 Å². The molecule has 0 saturated heterocycles. The van der Waals surface area contributed by atoms with Crippen LogP contribution in [0.2, 0.25) is 0 Å². The molecule has 0 aromatic heterocycles. The zero-order valence-corrected chi connectivity index (χ0v) is 14.5. The molecule has 5 heteroatoms. The van der Waals surface area contributed by atoms with Gasteiger partial charge in [-0.1, -0.05) is 42.5 Å². The summed E-state index contributed by atoms with van der Waals surface area (Å²) in [5, 5.41) is 5.73. The van der Waals surface area contributed by atoms with Crippen molar-refractivity contribution in [2.45, 2.75) is 26.6 Å². The van der Waals surface area contributed by atoms with Gasteiger partial charge in [0.25, 0.3) is 0 Å². The van der Waals surface area contributed by atoms with Crippen molar-refractivity contribution >= 4 is 10.8 Å². The molecule has 3 aromatic rings. The van der Waals surface area contributed by atoms with Crippen molar-refractivity contribution < 1.29 is 18.3 Å². The van der Waals surface area contributed by atoms with E-state index in [1.165, 1.54) is 5.39 Å². The molecule has 0 amide bonds. The van der Waals surface area contributed by atoms with Gasteiger partial charge in [-0.05, 0) is 41.5 Å². The summed E-state index contributed by atoms with van der Waals surface area (Å²) < 4.78 is 34.5. The summed E-state index contributed by atoms with van der Waals surface area (Å²) in [4.78, 5) is 0. The van der Waals surface area contributed by atoms with Crippen LogP contribution in [0.25, 0.3) is 10.8 Å². The highest BCUT2D eigenvalue weighted by Gasteiger charge is 2.09. The first-order chi connectivity index (χ1) is 12.7. The van der Waals surface area contributed by atoms with Crippen LogP contribution >= 0.6 is 0 Å². The van der Waals surface area contributed by atoms with Gasteiger partial charge in [-0.25, -0.2) is 0 Å². The van der Waals surface area contributed by atoms with Gasteiger partial charge in [-0.2, -0.15) is 8.78 Å².